The van der Waals surface area contributed by atoms with Crippen molar-refractivity contribution in [2.24, 2.45) is 5.92 Å². The molecule has 6 heteroatoms. The molecule has 0 spiro atoms. The summed E-state index contributed by atoms with van der Waals surface area (Å²) in [6.07, 6.45) is 4.77. The average molecular weight is 326 g/mol. The van der Waals surface area contributed by atoms with Crippen LogP contribution < -0.4 is 0 Å². The van der Waals surface area contributed by atoms with E-state index in [0.29, 0.717) is 5.76 Å². The van der Waals surface area contributed by atoms with Crippen LogP contribution in [0.3, 0.4) is 0 Å². The highest BCUT2D eigenvalue weighted by molar-refractivity contribution is 6.09. The molecule has 0 bridgehead atoms. The van der Waals surface area contributed by atoms with Gasteiger partial charge in [-0.1, -0.05) is 19.9 Å². The second-order valence-electron chi connectivity index (χ2n) is 5.99. The van der Waals surface area contributed by atoms with Crippen molar-refractivity contribution in [1.82, 2.24) is 9.88 Å². The van der Waals surface area contributed by atoms with Crippen LogP contribution in [0.2, 0.25) is 0 Å². The molecular formula is C18H18N2O4. The topological polar surface area (TPSA) is 83.6 Å². The Morgan fingerprint density at radius 2 is 2.17 bits per heavy atom. The molecule has 1 unspecified atom stereocenters. The Bertz CT molecular complexity index is 779. The summed E-state index contributed by atoms with van der Waals surface area (Å²) in [4.78, 5) is 30.6. The monoisotopic (exact) mass is 326 g/mol. The van der Waals surface area contributed by atoms with E-state index in [2.05, 4.69) is 4.98 Å². The summed E-state index contributed by atoms with van der Waals surface area (Å²) in [7, 11) is 0. The van der Waals surface area contributed by atoms with E-state index in [1.807, 2.05) is 6.07 Å². The van der Waals surface area contributed by atoms with Gasteiger partial charge in [-0.05, 0) is 23.8 Å². The number of aliphatic hydroxyl groups excluding tert-OH is 1. The van der Waals surface area contributed by atoms with Crippen LogP contribution in [0.4, 0.5) is 0 Å². The molecule has 0 radical (unpaired) electrons. The quantitative estimate of drug-likeness (QED) is 0.913. The number of amides is 1. The summed E-state index contributed by atoms with van der Waals surface area (Å²) in [6, 6.07) is 6.25. The normalized spacial score (nSPS) is 17.9. The van der Waals surface area contributed by atoms with Gasteiger partial charge in [0, 0.05) is 24.9 Å². The lowest BCUT2D eigenvalue weighted by Gasteiger charge is -2.25. The van der Waals surface area contributed by atoms with Crippen molar-refractivity contribution >= 4 is 11.7 Å². The molecule has 1 aliphatic heterocycles. The van der Waals surface area contributed by atoms with E-state index in [9.17, 15) is 14.7 Å². The number of furan rings is 1. The fourth-order valence-corrected chi connectivity index (χ4v) is 2.81. The third-order valence-electron chi connectivity index (χ3n) is 3.98. The number of nitrogens with zero attached hydrogens (tertiary/aromatic N) is 2. The number of Topliss-reactive ketones (excluding diaryl/α,β-unsaturated/α-hetero) is 1. The molecule has 2 aromatic rings. The predicted molar refractivity (Wildman–Crippen MR) is 85.7 cm³/mol. The Morgan fingerprint density at radius 1 is 1.38 bits per heavy atom. The zero-order valence-corrected chi connectivity index (χ0v) is 13.5. The molecule has 0 aliphatic carbocycles. The lowest BCUT2D eigenvalue weighted by atomic mass is 9.94. The minimum atomic E-state index is -0.734. The number of pyridine rings is 1. The standard InChI is InChI=1S/C18H18N2O4/c1-11(2)16(21)14-15(13-6-4-8-24-13)20(18(23)17(14)22)10-12-5-3-7-19-9-12/h3-9,11,15,22H,10H2,1-2H3. The van der Waals surface area contributed by atoms with Gasteiger partial charge in [-0.3, -0.25) is 14.6 Å². The number of aromatic nitrogens is 1. The number of carbonyl (C=O) groups excluding carboxylic acids is 2. The first-order valence-electron chi connectivity index (χ1n) is 7.71. The molecule has 1 aliphatic rings. The third-order valence-corrected chi connectivity index (χ3v) is 3.98. The van der Waals surface area contributed by atoms with Crippen molar-refractivity contribution in [1.29, 1.82) is 0 Å². The molecule has 24 heavy (non-hydrogen) atoms. The number of hydrogen-bond acceptors (Lipinski definition) is 5. The van der Waals surface area contributed by atoms with E-state index < -0.39 is 17.7 Å². The zero-order valence-electron chi connectivity index (χ0n) is 13.5. The highest BCUT2D eigenvalue weighted by Gasteiger charge is 2.45. The molecule has 0 saturated carbocycles. The first-order chi connectivity index (χ1) is 11.5. The van der Waals surface area contributed by atoms with E-state index in [1.54, 1.807) is 44.4 Å². The van der Waals surface area contributed by atoms with Crippen molar-refractivity contribution in [3.05, 3.63) is 65.6 Å². The zero-order chi connectivity index (χ0) is 17.3. The molecule has 1 N–H and O–H groups in total. The van der Waals surface area contributed by atoms with E-state index >= 15 is 0 Å². The molecule has 6 nitrogen and oxygen atoms in total. The maximum Gasteiger partial charge on any atom is 0.290 e. The maximum atomic E-state index is 12.6. The van der Waals surface area contributed by atoms with Crippen LogP contribution >= 0.6 is 0 Å². The van der Waals surface area contributed by atoms with Crippen molar-refractivity contribution in [3.63, 3.8) is 0 Å². The first kappa shape index (κ1) is 16.0. The van der Waals surface area contributed by atoms with E-state index in [0.717, 1.165) is 5.56 Å². The van der Waals surface area contributed by atoms with Gasteiger partial charge >= 0.3 is 0 Å². The Morgan fingerprint density at radius 3 is 2.75 bits per heavy atom. The maximum absolute atomic E-state index is 12.6. The Hall–Kier alpha value is -2.89. The van der Waals surface area contributed by atoms with Gasteiger partial charge in [0.05, 0.1) is 11.8 Å². The second kappa shape index (κ2) is 6.31. The van der Waals surface area contributed by atoms with E-state index in [-0.39, 0.29) is 23.8 Å². The van der Waals surface area contributed by atoms with Gasteiger partial charge in [0.2, 0.25) is 0 Å². The number of carbonyl (C=O) groups is 2. The Balaban J connectivity index is 2.03. The number of hydrogen-bond donors (Lipinski definition) is 1. The van der Waals surface area contributed by atoms with Gasteiger partial charge in [0.15, 0.2) is 11.5 Å². The average Bonchev–Trinajstić information content (AvgIpc) is 3.18. The van der Waals surface area contributed by atoms with Crippen LogP contribution in [0.25, 0.3) is 0 Å². The number of ketones is 1. The lowest BCUT2D eigenvalue weighted by Crippen LogP contribution is -2.31. The molecule has 2 aromatic heterocycles. The molecule has 0 fully saturated rings. The molecular weight excluding hydrogens is 308 g/mol. The van der Waals surface area contributed by atoms with Crippen LogP contribution in [0, 0.1) is 5.92 Å². The van der Waals surface area contributed by atoms with Gasteiger partial charge in [0.25, 0.3) is 5.91 Å². The second-order valence-corrected chi connectivity index (χ2v) is 5.99. The summed E-state index contributed by atoms with van der Waals surface area (Å²) in [5.41, 5.74) is 0.891. The molecule has 1 amide bonds. The Kier molecular flexibility index (Phi) is 4.20. The van der Waals surface area contributed by atoms with Gasteiger partial charge in [0.1, 0.15) is 11.8 Å². The fraction of sp³-hybridized carbons (Fsp3) is 0.278. The lowest BCUT2D eigenvalue weighted by molar-refractivity contribution is -0.130. The highest BCUT2D eigenvalue weighted by atomic mass is 16.3. The summed E-state index contributed by atoms with van der Waals surface area (Å²) in [5, 5.41) is 10.3. The number of rotatable bonds is 5. The van der Waals surface area contributed by atoms with Crippen LogP contribution in [-0.2, 0) is 16.1 Å². The SMILES string of the molecule is CC(C)C(=O)C1=C(O)C(=O)N(Cc2cccnc2)C1c1ccco1. The summed E-state index contributed by atoms with van der Waals surface area (Å²) < 4.78 is 5.44. The first-order valence-corrected chi connectivity index (χ1v) is 7.71. The van der Waals surface area contributed by atoms with Gasteiger partial charge in [-0.25, -0.2) is 0 Å². The molecule has 0 saturated heterocycles. The minimum absolute atomic E-state index is 0.0915. The molecule has 3 heterocycles. The summed E-state index contributed by atoms with van der Waals surface area (Å²) >= 11 is 0. The van der Waals surface area contributed by atoms with Crippen molar-refractivity contribution in [3.8, 4) is 0 Å². The number of aliphatic hydroxyl groups is 1. The Labute approximate surface area is 139 Å². The summed E-state index contributed by atoms with van der Waals surface area (Å²) in [6.45, 7) is 3.68. The largest absolute Gasteiger partial charge is 0.503 e. The highest BCUT2D eigenvalue weighted by Crippen LogP contribution is 2.39. The van der Waals surface area contributed by atoms with E-state index in [4.69, 9.17) is 4.42 Å². The third kappa shape index (κ3) is 2.71. The molecule has 0 aromatic carbocycles. The summed E-state index contributed by atoms with van der Waals surface area (Å²) in [5.74, 6) is -1.25. The van der Waals surface area contributed by atoms with Crippen LogP contribution in [0.15, 0.2) is 58.7 Å². The smallest absolute Gasteiger partial charge is 0.290 e. The van der Waals surface area contributed by atoms with Gasteiger partial charge in [-0.15, -0.1) is 0 Å². The molecule has 1 atom stereocenters. The van der Waals surface area contributed by atoms with Crippen LogP contribution in [-0.4, -0.2) is 26.7 Å². The fourth-order valence-electron chi connectivity index (χ4n) is 2.81. The van der Waals surface area contributed by atoms with Crippen molar-refractivity contribution < 1.29 is 19.1 Å². The minimum Gasteiger partial charge on any atom is -0.503 e. The van der Waals surface area contributed by atoms with Crippen LogP contribution in [0.5, 0.6) is 0 Å². The van der Waals surface area contributed by atoms with Crippen molar-refractivity contribution in [2.75, 3.05) is 0 Å². The van der Waals surface area contributed by atoms with Crippen molar-refractivity contribution in [2.45, 2.75) is 26.4 Å². The van der Waals surface area contributed by atoms with E-state index in [1.165, 1.54) is 11.2 Å². The van der Waals surface area contributed by atoms with Gasteiger partial charge < -0.3 is 14.4 Å². The molecule has 124 valence electrons. The molecule has 3 rings (SSSR count). The van der Waals surface area contributed by atoms with Gasteiger partial charge in [-0.2, -0.15) is 0 Å². The van der Waals surface area contributed by atoms with Crippen LogP contribution in [0.1, 0.15) is 31.2 Å². The predicted octanol–water partition coefficient (Wildman–Crippen LogP) is 2.80.